The Morgan fingerprint density at radius 2 is 1.95 bits per heavy atom. The summed E-state index contributed by atoms with van der Waals surface area (Å²) < 4.78 is 0. The van der Waals surface area contributed by atoms with E-state index in [-0.39, 0.29) is 11.6 Å². The van der Waals surface area contributed by atoms with E-state index >= 15 is 0 Å². The molecule has 0 aliphatic carbocycles. The lowest BCUT2D eigenvalue weighted by Crippen LogP contribution is -2.55. The van der Waals surface area contributed by atoms with Gasteiger partial charge in [0.05, 0.1) is 11.3 Å². The number of rotatable bonds is 2. The molecule has 0 aromatic heterocycles. The Morgan fingerprint density at radius 3 is 2.57 bits per heavy atom. The van der Waals surface area contributed by atoms with Gasteiger partial charge < -0.3 is 14.9 Å². The zero-order valence-corrected chi connectivity index (χ0v) is 12.6. The number of carbonyl (C=O) groups excluding carboxylic acids is 1. The number of nitrogens with zero attached hydrogens (tertiary/aromatic N) is 3. The number of benzene rings is 1. The number of likely N-dealkylation sites (N-methyl/N-ethyl adjacent to an activating group) is 1. The number of carboxylic acid groups (broad SMARTS) is 1. The second-order valence-electron chi connectivity index (χ2n) is 5.44. The van der Waals surface area contributed by atoms with Crippen molar-refractivity contribution in [1.82, 2.24) is 9.80 Å². The second-order valence-corrected chi connectivity index (χ2v) is 5.44. The molecular weight excluding hydrogens is 270 g/mol. The monoisotopic (exact) mass is 291 g/mol. The highest BCUT2D eigenvalue weighted by Crippen LogP contribution is 2.21. The van der Waals surface area contributed by atoms with Gasteiger partial charge in [-0.25, -0.2) is 9.59 Å². The van der Waals surface area contributed by atoms with Crippen LogP contribution in [0.1, 0.15) is 17.3 Å². The molecule has 1 heterocycles. The van der Waals surface area contributed by atoms with E-state index in [1.807, 2.05) is 7.05 Å². The van der Waals surface area contributed by atoms with Crippen molar-refractivity contribution in [3.63, 3.8) is 0 Å². The zero-order valence-electron chi connectivity index (χ0n) is 12.6. The lowest BCUT2D eigenvalue weighted by atomic mass is 10.1. The third kappa shape index (κ3) is 3.16. The Labute approximate surface area is 124 Å². The summed E-state index contributed by atoms with van der Waals surface area (Å²) in [4.78, 5) is 29.2. The molecule has 21 heavy (non-hydrogen) atoms. The minimum absolute atomic E-state index is 0.135. The van der Waals surface area contributed by atoms with Crippen LogP contribution >= 0.6 is 0 Å². The van der Waals surface area contributed by atoms with Gasteiger partial charge in [-0.15, -0.1) is 0 Å². The van der Waals surface area contributed by atoms with E-state index in [0.717, 1.165) is 6.54 Å². The fraction of sp³-hybridized carbons (Fsp3) is 0.467. The van der Waals surface area contributed by atoms with E-state index in [4.69, 9.17) is 0 Å². The Morgan fingerprint density at radius 1 is 1.29 bits per heavy atom. The van der Waals surface area contributed by atoms with Gasteiger partial charge in [-0.3, -0.25) is 4.90 Å². The molecule has 2 amide bonds. The average molecular weight is 291 g/mol. The highest BCUT2D eigenvalue weighted by atomic mass is 16.4. The SMILES string of the molecule is CC1CN(C(=O)N(C)c2ccccc2C(=O)O)CCN1C. The minimum atomic E-state index is -1.03. The van der Waals surface area contributed by atoms with Gasteiger partial charge in [0.1, 0.15) is 0 Å². The summed E-state index contributed by atoms with van der Waals surface area (Å²) in [6, 6.07) is 6.69. The maximum atomic E-state index is 12.6. The Bertz CT molecular complexity index is 547. The van der Waals surface area contributed by atoms with Gasteiger partial charge >= 0.3 is 12.0 Å². The van der Waals surface area contributed by atoms with Crippen LogP contribution in [0.25, 0.3) is 0 Å². The normalized spacial score (nSPS) is 19.4. The number of carbonyl (C=O) groups is 2. The molecule has 1 unspecified atom stereocenters. The van der Waals surface area contributed by atoms with Gasteiger partial charge in [0.15, 0.2) is 0 Å². The number of urea groups is 1. The summed E-state index contributed by atoms with van der Waals surface area (Å²) in [7, 11) is 3.66. The summed E-state index contributed by atoms with van der Waals surface area (Å²) in [5.74, 6) is -1.03. The molecule has 0 radical (unpaired) electrons. The summed E-state index contributed by atoms with van der Waals surface area (Å²) in [6.45, 7) is 4.19. The van der Waals surface area contributed by atoms with Crippen molar-refractivity contribution in [1.29, 1.82) is 0 Å². The highest BCUT2D eigenvalue weighted by Gasteiger charge is 2.28. The minimum Gasteiger partial charge on any atom is -0.478 e. The van der Waals surface area contributed by atoms with E-state index in [2.05, 4.69) is 11.8 Å². The molecule has 0 spiro atoms. The van der Waals surface area contributed by atoms with Crippen LogP contribution < -0.4 is 4.90 Å². The Hall–Kier alpha value is -2.08. The van der Waals surface area contributed by atoms with Crippen LogP contribution in [0.5, 0.6) is 0 Å². The molecule has 114 valence electrons. The van der Waals surface area contributed by atoms with Gasteiger partial charge in [-0.1, -0.05) is 12.1 Å². The first-order valence-corrected chi connectivity index (χ1v) is 6.97. The van der Waals surface area contributed by atoms with Crippen molar-refractivity contribution in [2.75, 3.05) is 38.6 Å². The van der Waals surface area contributed by atoms with Crippen molar-refractivity contribution in [3.8, 4) is 0 Å². The van der Waals surface area contributed by atoms with E-state index in [1.54, 1.807) is 30.1 Å². The second kappa shape index (κ2) is 6.13. The maximum absolute atomic E-state index is 12.6. The molecule has 1 aliphatic heterocycles. The van der Waals surface area contributed by atoms with Crippen LogP contribution in [0.4, 0.5) is 10.5 Å². The first-order valence-electron chi connectivity index (χ1n) is 6.97. The molecular formula is C15H21N3O3. The molecule has 0 bridgehead atoms. The van der Waals surface area contributed by atoms with Crippen molar-refractivity contribution < 1.29 is 14.7 Å². The van der Waals surface area contributed by atoms with Crippen LogP contribution in [0.2, 0.25) is 0 Å². The predicted molar refractivity (Wildman–Crippen MR) is 80.9 cm³/mol. The molecule has 1 aromatic rings. The number of amides is 2. The van der Waals surface area contributed by atoms with E-state index in [0.29, 0.717) is 24.8 Å². The molecule has 6 heteroatoms. The predicted octanol–water partition coefficient (Wildman–Crippen LogP) is 1.58. The van der Waals surface area contributed by atoms with Gasteiger partial charge in [-0.05, 0) is 26.1 Å². The number of para-hydroxylation sites is 1. The van der Waals surface area contributed by atoms with Crippen LogP contribution in [0.3, 0.4) is 0 Å². The van der Waals surface area contributed by atoms with Gasteiger partial charge in [0, 0.05) is 32.7 Å². The lowest BCUT2D eigenvalue weighted by Gasteiger charge is -2.39. The van der Waals surface area contributed by atoms with Crippen LogP contribution in [0.15, 0.2) is 24.3 Å². The molecule has 0 saturated carbocycles. The molecule has 1 aromatic carbocycles. The fourth-order valence-electron chi connectivity index (χ4n) is 2.48. The molecule has 1 saturated heterocycles. The number of piperazine rings is 1. The van der Waals surface area contributed by atoms with Crippen LogP contribution in [-0.2, 0) is 0 Å². The van der Waals surface area contributed by atoms with Crippen LogP contribution in [-0.4, -0.2) is 66.7 Å². The van der Waals surface area contributed by atoms with Crippen molar-refractivity contribution in [3.05, 3.63) is 29.8 Å². The molecule has 1 atom stereocenters. The molecule has 1 N–H and O–H groups in total. The quantitative estimate of drug-likeness (QED) is 0.898. The Balaban J connectivity index is 2.18. The van der Waals surface area contributed by atoms with E-state index < -0.39 is 5.97 Å². The summed E-state index contributed by atoms with van der Waals surface area (Å²) in [5.41, 5.74) is 0.553. The van der Waals surface area contributed by atoms with Gasteiger partial charge in [-0.2, -0.15) is 0 Å². The summed E-state index contributed by atoms with van der Waals surface area (Å²) in [6.07, 6.45) is 0. The van der Waals surface area contributed by atoms with Crippen LogP contribution in [0, 0.1) is 0 Å². The third-order valence-corrected chi connectivity index (χ3v) is 4.01. The zero-order chi connectivity index (χ0) is 15.6. The van der Waals surface area contributed by atoms with Crippen molar-refractivity contribution >= 4 is 17.7 Å². The van der Waals surface area contributed by atoms with Crippen molar-refractivity contribution in [2.45, 2.75) is 13.0 Å². The average Bonchev–Trinajstić information content (AvgIpc) is 2.48. The lowest BCUT2D eigenvalue weighted by molar-refractivity contribution is 0.0697. The standard InChI is InChI=1S/C15H21N3O3/c1-11-10-18(9-8-16(11)2)15(21)17(3)13-7-5-4-6-12(13)14(19)20/h4-7,11H,8-10H2,1-3H3,(H,19,20). The molecule has 1 fully saturated rings. The van der Waals surface area contributed by atoms with E-state index in [9.17, 15) is 14.7 Å². The first kappa shape index (κ1) is 15.3. The number of hydrogen-bond acceptors (Lipinski definition) is 3. The number of anilines is 1. The molecule has 1 aliphatic rings. The number of carboxylic acids is 1. The number of aromatic carboxylic acids is 1. The largest absolute Gasteiger partial charge is 0.478 e. The smallest absolute Gasteiger partial charge is 0.337 e. The van der Waals surface area contributed by atoms with Gasteiger partial charge in [0.2, 0.25) is 0 Å². The molecule has 2 rings (SSSR count). The third-order valence-electron chi connectivity index (χ3n) is 4.01. The Kier molecular flexibility index (Phi) is 4.47. The van der Waals surface area contributed by atoms with Crippen molar-refractivity contribution in [2.24, 2.45) is 0 Å². The highest BCUT2D eigenvalue weighted by molar-refractivity contribution is 6.01. The van der Waals surface area contributed by atoms with E-state index in [1.165, 1.54) is 11.0 Å². The topological polar surface area (TPSA) is 64.1 Å². The summed E-state index contributed by atoms with van der Waals surface area (Å²) >= 11 is 0. The first-order chi connectivity index (χ1) is 9.91. The molecule has 6 nitrogen and oxygen atoms in total. The summed E-state index contributed by atoms with van der Waals surface area (Å²) in [5, 5.41) is 9.23. The maximum Gasteiger partial charge on any atom is 0.337 e. The number of hydrogen-bond donors (Lipinski definition) is 1. The fourth-order valence-corrected chi connectivity index (χ4v) is 2.48. The van der Waals surface area contributed by atoms with Gasteiger partial charge in [0.25, 0.3) is 0 Å².